The van der Waals surface area contributed by atoms with Crippen LogP contribution in [0.15, 0.2) is 36.0 Å². The van der Waals surface area contributed by atoms with Crippen molar-refractivity contribution in [1.29, 1.82) is 0 Å². The lowest BCUT2D eigenvalue weighted by Gasteiger charge is -2.08. The number of fused-ring (bicyclic) bond motifs is 1. The number of anilines is 2. The number of thiophene rings is 1. The monoisotopic (exact) mass is 255 g/mol. The van der Waals surface area contributed by atoms with Gasteiger partial charge in [0.1, 0.15) is 6.33 Å². The van der Waals surface area contributed by atoms with Crippen molar-refractivity contribution in [2.24, 2.45) is 0 Å². The molecule has 0 aliphatic heterocycles. The van der Waals surface area contributed by atoms with E-state index in [1.165, 1.54) is 11.1 Å². The Kier molecular flexibility index (Phi) is 2.72. The van der Waals surface area contributed by atoms with Gasteiger partial charge < -0.3 is 5.32 Å². The van der Waals surface area contributed by atoms with Crippen LogP contribution in [0.25, 0.3) is 10.2 Å². The predicted octanol–water partition coefficient (Wildman–Crippen LogP) is 4.05. The molecule has 0 atom stereocenters. The van der Waals surface area contributed by atoms with Crippen LogP contribution in [0.1, 0.15) is 11.1 Å². The molecule has 4 heteroatoms. The molecule has 3 rings (SSSR count). The van der Waals surface area contributed by atoms with E-state index in [0.717, 1.165) is 21.7 Å². The fraction of sp³-hybridized carbons (Fsp3) is 0.143. The van der Waals surface area contributed by atoms with Gasteiger partial charge >= 0.3 is 0 Å². The first kappa shape index (κ1) is 11.2. The van der Waals surface area contributed by atoms with Crippen LogP contribution in [0, 0.1) is 13.8 Å². The summed E-state index contributed by atoms with van der Waals surface area (Å²) < 4.78 is 1.09. The Hall–Kier alpha value is -1.94. The summed E-state index contributed by atoms with van der Waals surface area (Å²) in [5, 5.41) is 5.41. The second-order valence-electron chi connectivity index (χ2n) is 4.36. The van der Waals surface area contributed by atoms with E-state index < -0.39 is 0 Å². The number of nitrogens with zero attached hydrogens (tertiary/aromatic N) is 2. The van der Waals surface area contributed by atoms with E-state index in [9.17, 15) is 0 Å². The van der Waals surface area contributed by atoms with Crippen LogP contribution in [0.3, 0.4) is 0 Å². The number of nitrogens with one attached hydrogen (secondary N) is 1. The summed E-state index contributed by atoms with van der Waals surface area (Å²) in [5.74, 6) is 0.875. The third kappa shape index (κ3) is 2.07. The van der Waals surface area contributed by atoms with Crippen molar-refractivity contribution in [3.05, 3.63) is 47.1 Å². The Balaban J connectivity index is 2.03. The van der Waals surface area contributed by atoms with Crippen LogP contribution in [-0.4, -0.2) is 9.97 Å². The van der Waals surface area contributed by atoms with Gasteiger partial charge in [0.15, 0.2) is 5.82 Å². The van der Waals surface area contributed by atoms with Crippen molar-refractivity contribution in [3.8, 4) is 0 Å². The van der Waals surface area contributed by atoms with Gasteiger partial charge in [0, 0.05) is 5.69 Å². The molecular formula is C14H13N3S. The van der Waals surface area contributed by atoms with E-state index >= 15 is 0 Å². The Morgan fingerprint density at radius 2 is 1.83 bits per heavy atom. The first-order valence-electron chi connectivity index (χ1n) is 5.76. The summed E-state index contributed by atoms with van der Waals surface area (Å²) in [5.41, 5.74) is 4.55. The molecule has 90 valence electrons. The minimum atomic E-state index is 0.875. The molecule has 0 amide bonds. The second kappa shape index (κ2) is 4.38. The molecule has 1 aromatic carbocycles. The van der Waals surface area contributed by atoms with Gasteiger partial charge in [-0.05, 0) is 48.6 Å². The van der Waals surface area contributed by atoms with Crippen LogP contribution in [0.5, 0.6) is 0 Å². The first-order valence-corrected chi connectivity index (χ1v) is 6.64. The number of rotatable bonds is 2. The van der Waals surface area contributed by atoms with Crippen molar-refractivity contribution >= 4 is 33.1 Å². The molecule has 2 heterocycles. The average Bonchev–Trinajstić information content (AvgIpc) is 2.76. The molecule has 0 fully saturated rings. The van der Waals surface area contributed by atoms with Gasteiger partial charge in [-0.2, -0.15) is 0 Å². The summed E-state index contributed by atoms with van der Waals surface area (Å²) in [4.78, 5) is 8.56. The van der Waals surface area contributed by atoms with E-state index in [1.807, 2.05) is 11.4 Å². The highest BCUT2D eigenvalue weighted by molar-refractivity contribution is 7.17. The molecule has 0 spiro atoms. The summed E-state index contributed by atoms with van der Waals surface area (Å²) >= 11 is 1.65. The van der Waals surface area contributed by atoms with E-state index in [-0.39, 0.29) is 0 Å². The van der Waals surface area contributed by atoms with Crippen LogP contribution in [-0.2, 0) is 0 Å². The molecule has 1 N–H and O–H groups in total. The quantitative estimate of drug-likeness (QED) is 0.750. The Morgan fingerprint density at radius 1 is 1.06 bits per heavy atom. The summed E-state index contributed by atoms with van der Waals surface area (Å²) in [6.45, 7) is 4.19. The van der Waals surface area contributed by atoms with Gasteiger partial charge in [0.25, 0.3) is 0 Å². The van der Waals surface area contributed by atoms with E-state index in [2.05, 4.69) is 47.3 Å². The van der Waals surface area contributed by atoms with Crippen molar-refractivity contribution in [2.45, 2.75) is 13.8 Å². The minimum Gasteiger partial charge on any atom is -0.339 e. The lowest BCUT2D eigenvalue weighted by molar-refractivity contribution is 1.22. The lowest BCUT2D eigenvalue weighted by Crippen LogP contribution is -1.95. The summed E-state index contributed by atoms with van der Waals surface area (Å²) in [6, 6.07) is 8.41. The van der Waals surface area contributed by atoms with Crippen molar-refractivity contribution in [2.75, 3.05) is 5.32 Å². The maximum absolute atomic E-state index is 4.32. The standard InChI is InChI=1S/C14H13N3S/c1-9-5-10(2)7-11(6-9)17-14-13-12(3-4-18-13)15-8-16-14/h3-8H,1-2H3,(H,15,16,17). The molecule has 0 unspecified atom stereocenters. The van der Waals surface area contributed by atoms with E-state index in [4.69, 9.17) is 0 Å². The molecule has 3 aromatic rings. The normalized spacial score (nSPS) is 10.8. The minimum absolute atomic E-state index is 0.875. The SMILES string of the molecule is Cc1cc(C)cc(Nc2ncnc3ccsc23)c1. The number of aromatic nitrogens is 2. The zero-order valence-corrected chi connectivity index (χ0v) is 11.1. The number of hydrogen-bond acceptors (Lipinski definition) is 4. The molecular weight excluding hydrogens is 242 g/mol. The highest BCUT2D eigenvalue weighted by atomic mass is 32.1. The molecule has 0 bridgehead atoms. The van der Waals surface area contributed by atoms with Crippen LogP contribution >= 0.6 is 11.3 Å². The number of hydrogen-bond donors (Lipinski definition) is 1. The van der Waals surface area contributed by atoms with Gasteiger partial charge in [0.05, 0.1) is 10.2 Å². The maximum atomic E-state index is 4.32. The molecule has 18 heavy (non-hydrogen) atoms. The Morgan fingerprint density at radius 3 is 2.61 bits per heavy atom. The summed E-state index contributed by atoms with van der Waals surface area (Å²) in [7, 11) is 0. The third-order valence-corrected chi connectivity index (χ3v) is 3.64. The molecule has 0 radical (unpaired) electrons. The molecule has 0 saturated carbocycles. The fourth-order valence-corrected chi connectivity index (χ4v) is 2.85. The molecule has 2 aromatic heterocycles. The number of benzene rings is 1. The zero-order chi connectivity index (χ0) is 12.5. The topological polar surface area (TPSA) is 37.8 Å². The van der Waals surface area contributed by atoms with Gasteiger partial charge in [-0.25, -0.2) is 9.97 Å². The highest BCUT2D eigenvalue weighted by Gasteiger charge is 2.05. The summed E-state index contributed by atoms with van der Waals surface area (Å²) in [6.07, 6.45) is 1.60. The maximum Gasteiger partial charge on any atom is 0.151 e. The third-order valence-electron chi connectivity index (χ3n) is 2.73. The van der Waals surface area contributed by atoms with Gasteiger partial charge in [-0.15, -0.1) is 11.3 Å². The molecule has 0 aliphatic rings. The van der Waals surface area contributed by atoms with Crippen LogP contribution < -0.4 is 5.32 Å². The van der Waals surface area contributed by atoms with Crippen molar-refractivity contribution < 1.29 is 0 Å². The van der Waals surface area contributed by atoms with Crippen molar-refractivity contribution in [1.82, 2.24) is 9.97 Å². The second-order valence-corrected chi connectivity index (χ2v) is 5.27. The average molecular weight is 255 g/mol. The Labute approximate surface area is 110 Å². The zero-order valence-electron chi connectivity index (χ0n) is 10.3. The largest absolute Gasteiger partial charge is 0.339 e. The van der Waals surface area contributed by atoms with Gasteiger partial charge in [-0.1, -0.05) is 6.07 Å². The van der Waals surface area contributed by atoms with Crippen molar-refractivity contribution in [3.63, 3.8) is 0 Å². The fourth-order valence-electron chi connectivity index (χ4n) is 2.06. The van der Waals surface area contributed by atoms with Gasteiger partial charge in [0.2, 0.25) is 0 Å². The van der Waals surface area contributed by atoms with Crippen LogP contribution in [0.2, 0.25) is 0 Å². The Bertz CT molecular complexity index is 683. The van der Waals surface area contributed by atoms with Gasteiger partial charge in [-0.3, -0.25) is 0 Å². The van der Waals surface area contributed by atoms with E-state index in [0.29, 0.717) is 0 Å². The smallest absolute Gasteiger partial charge is 0.151 e. The highest BCUT2D eigenvalue weighted by Crippen LogP contribution is 2.27. The predicted molar refractivity (Wildman–Crippen MR) is 76.6 cm³/mol. The lowest BCUT2D eigenvalue weighted by atomic mass is 10.1. The van der Waals surface area contributed by atoms with E-state index in [1.54, 1.807) is 17.7 Å². The van der Waals surface area contributed by atoms with Crippen LogP contribution in [0.4, 0.5) is 11.5 Å². The molecule has 3 nitrogen and oxygen atoms in total. The molecule has 0 saturated heterocycles. The first-order chi connectivity index (χ1) is 8.72. The molecule has 0 aliphatic carbocycles. The number of aryl methyl sites for hydroxylation is 2.